The highest BCUT2D eigenvalue weighted by Crippen LogP contribution is 2.42. The van der Waals surface area contributed by atoms with Crippen LogP contribution in [0.1, 0.15) is 68.7 Å². The normalized spacial score (nSPS) is 24.4. The van der Waals surface area contributed by atoms with Gasteiger partial charge in [0.05, 0.1) is 18.2 Å². The Kier molecular flexibility index (Phi) is 5.27. The molecule has 5 heteroatoms. The molecular weight excluding hydrogens is 314 g/mol. The zero-order valence-corrected chi connectivity index (χ0v) is 17.4. The monoisotopic (exact) mass is 349 g/mol. The predicted octanol–water partition coefficient (Wildman–Crippen LogP) is 4.34. The van der Waals surface area contributed by atoms with Gasteiger partial charge in [-0.15, -0.1) is 0 Å². The summed E-state index contributed by atoms with van der Waals surface area (Å²) in [5, 5.41) is 3.03. The van der Waals surface area contributed by atoms with Gasteiger partial charge in [-0.1, -0.05) is 41.5 Å². The summed E-state index contributed by atoms with van der Waals surface area (Å²) in [4.78, 5) is 19.4. The number of alkyl carbamates (subject to hydrolysis) is 1. The van der Waals surface area contributed by atoms with E-state index in [0.29, 0.717) is 0 Å². The molecule has 0 aromatic carbocycles. The van der Waals surface area contributed by atoms with Gasteiger partial charge in [0.25, 0.3) is 0 Å². The van der Waals surface area contributed by atoms with Crippen molar-refractivity contribution in [3.05, 3.63) is 11.3 Å². The van der Waals surface area contributed by atoms with Crippen LogP contribution in [0.2, 0.25) is 0 Å². The van der Waals surface area contributed by atoms with Crippen LogP contribution in [0.25, 0.3) is 0 Å². The molecule has 5 nitrogen and oxygen atoms in total. The number of nitrogens with one attached hydrogen (secondary N) is 1. The SMILES string of the molecule is CC(C)OC(=O)N[C@H]1CC2=C(C(C)(C)C)[C@H](C)N=C(C(C)(C)C)N2C1. The number of rotatable bonds is 2. The number of nitrogens with zero attached hydrogens (tertiary/aromatic N) is 2. The van der Waals surface area contributed by atoms with Gasteiger partial charge in [0.15, 0.2) is 0 Å². The highest BCUT2D eigenvalue weighted by molar-refractivity contribution is 5.90. The summed E-state index contributed by atoms with van der Waals surface area (Å²) in [6, 6.07) is 0.221. The summed E-state index contributed by atoms with van der Waals surface area (Å²) < 4.78 is 5.26. The van der Waals surface area contributed by atoms with Crippen LogP contribution < -0.4 is 5.32 Å². The molecule has 0 saturated carbocycles. The lowest BCUT2D eigenvalue weighted by Gasteiger charge is -2.41. The van der Waals surface area contributed by atoms with Crippen molar-refractivity contribution >= 4 is 11.9 Å². The minimum atomic E-state index is -0.333. The van der Waals surface area contributed by atoms with E-state index < -0.39 is 0 Å². The van der Waals surface area contributed by atoms with Crippen molar-refractivity contribution in [1.82, 2.24) is 10.2 Å². The van der Waals surface area contributed by atoms with E-state index in [9.17, 15) is 4.79 Å². The van der Waals surface area contributed by atoms with Crippen molar-refractivity contribution in [2.24, 2.45) is 15.8 Å². The zero-order chi connectivity index (χ0) is 19.2. The molecular formula is C20H35N3O2. The highest BCUT2D eigenvalue weighted by Gasteiger charge is 2.42. The van der Waals surface area contributed by atoms with Gasteiger partial charge in [-0.25, -0.2) is 4.79 Å². The summed E-state index contributed by atoms with van der Waals surface area (Å²) in [5.74, 6) is 1.12. The number of carbonyl (C=O) groups excluding carboxylic acids is 1. The summed E-state index contributed by atoms with van der Waals surface area (Å²) in [5.41, 5.74) is 2.72. The van der Waals surface area contributed by atoms with E-state index in [0.717, 1.165) is 18.8 Å². The van der Waals surface area contributed by atoms with Crippen molar-refractivity contribution in [3.8, 4) is 0 Å². The maximum atomic E-state index is 12.0. The largest absolute Gasteiger partial charge is 0.447 e. The van der Waals surface area contributed by atoms with Gasteiger partial charge in [0.2, 0.25) is 0 Å². The van der Waals surface area contributed by atoms with Gasteiger partial charge in [-0.3, -0.25) is 4.99 Å². The fraction of sp³-hybridized carbons (Fsp3) is 0.800. The predicted molar refractivity (Wildman–Crippen MR) is 103 cm³/mol. The van der Waals surface area contributed by atoms with Crippen LogP contribution in [0.15, 0.2) is 16.3 Å². The highest BCUT2D eigenvalue weighted by atomic mass is 16.6. The lowest BCUT2D eigenvalue weighted by Crippen LogP contribution is -2.45. The quantitative estimate of drug-likeness (QED) is 0.807. The van der Waals surface area contributed by atoms with Crippen LogP contribution in [0, 0.1) is 10.8 Å². The molecule has 2 rings (SSSR count). The van der Waals surface area contributed by atoms with Gasteiger partial charge in [0.1, 0.15) is 5.84 Å². The third-order valence-corrected chi connectivity index (χ3v) is 4.61. The van der Waals surface area contributed by atoms with Gasteiger partial charge in [-0.2, -0.15) is 0 Å². The minimum absolute atomic E-state index is 0.0315. The molecule has 0 unspecified atom stereocenters. The van der Waals surface area contributed by atoms with Crippen molar-refractivity contribution in [3.63, 3.8) is 0 Å². The standard InChI is InChI=1S/C20H35N3O2/c1-12(2)25-18(24)22-14-10-15-16(19(4,5)6)13(3)21-17(20(7,8)9)23(15)11-14/h12-14H,10-11H2,1-9H3,(H,22,24)/t13-,14-/m0/s1. The second-order valence-corrected chi connectivity index (χ2v) is 9.60. The second-order valence-electron chi connectivity index (χ2n) is 9.60. The maximum absolute atomic E-state index is 12.0. The molecule has 0 radical (unpaired) electrons. The van der Waals surface area contributed by atoms with Crippen molar-refractivity contribution in [2.75, 3.05) is 6.54 Å². The average molecular weight is 350 g/mol. The summed E-state index contributed by atoms with van der Waals surface area (Å²) in [6.45, 7) is 20.0. The second kappa shape index (κ2) is 6.65. The van der Waals surface area contributed by atoms with E-state index in [1.807, 2.05) is 13.8 Å². The molecule has 0 aliphatic carbocycles. The van der Waals surface area contributed by atoms with Crippen molar-refractivity contribution in [2.45, 2.75) is 86.9 Å². The number of amides is 1. The van der Waals surface area contributed by atoms with E-state index in [4.69, 9.17) is 9.73 Å². The molecule has 0 aromatic heterocycles. The molecule has 1 fully saturated rings. The van der Waals surface area contributed by atoms with Crippen LogP contribution in [0.4, 0.5) is 4.79 Å². The molecule has 142 valence electrons. The Balaban J connectivity index is 2.33. The number of hydrogen-bond acceptors (Lipinski definition) is 4. The van der Waals surface area contributed by atoms with E-state index in [-0.39, 0.29) is 35.1 Å². The Hall–Kier alpha value is -1.52. The number of amidine groups is 1. The van der Waals surface area contributed by atoms with E-state index in [1.165, 1.54) is 11.3 Å². The Labute approximate surface area is 152 Å². The fourth-order valence-electron chi connectivity index (χ4n) is 3.94. The molecule has 0 bridgehead atoms. The lowest BCUT2D eigenvalue weighted by atomic mass is 9.79. The molecule has 1 saturated heterocycles. The smallest absolute Gasteiger partial charge is 0.407 e. The molecule has 2 aliphatic rings. The van der Waals surface area contributed by atoms with Gasteiger partial charge >= 0.3 is 6.09 Å². The number of hydrogen-bond donors (Lipinski definition) is 1. The Morgan fingerprint density at radius 2 is 1.80 bits per heavy atom. The van der Waals surface area contributed by atoms with E-state index in [1.54, 1.807) is 0 Å². The van der Waals surface area contributed by atoms with Gasteiger partial charge in [-0.05, 0) is 31.8 Å². The zero-order valence-electron chi connectivity index (χ0n) is 17.4. The van der Waals surface area contributed by atoms with Gasteiger partial charge < -0.3 is 15.0 Å². The molecule has 0 spiro atoms. The molecule has 2 heterocycles. The number of fused-ring (bicyclic) bond motifs is 1. The first-order chi connectivity index (χ1) is 11.3. The van der Waals surface area contributed by atoms with Crippen LogP contribution >= 0.6 is 0 Å². The van der Waals surface area contributed by atoms with Crippen molar-refractivity contribution < 1.29 is 9.53 Å². The van der Waals surface area contributed by atoms with E-state index in [2.05, 4.69) is 58.7 Å². The number of carbonyl (C=O) groups is 1. The Bertz CT molecular complexity index is 591. The number of ether oxygens (including phenoxy) is 1. The molecule has 25 heavy (non-hydrogen) atoms. The van der Waals surface area contributed by atoms with Crippen LogP contribution in [-0.4, -0.2) is 41.6 Å². The molecule has 0 aromatic rings. The Morgan fingerprint density at radius 3 is 2.28 bits per heavy atom. The van der Waals surface area contributed by atoms with Gasteiger partial charge in [0, 0.05) is 24.1 Å². The molecule has 2 atom stereocenters. The van der Waals surface area contributed by atoms with Crippen molar-refractivity contribution in [1.29, 1.82) is 0 Å². The Morgan fingerprint density at radius 1 is 1.20 bits per heavy atom. The fourth-order valence-corrected chi connectivity index (χ4v) is 3.94. The third kappa shape index (κ3) is 4.36. The maximum Gasteiger partial charge on any atom is 0.407 e. The molecule has 2 aliphatic heterocycles. The lowest BCUT2D eigenvalue weighted by molar-refractivity contribution is 0.112. The minimum Gasteiger partial charge on any atom is -0.447 e. The van der Waals surface area contributed by atoms with Crippen LogP contribution in [0.5, 0.6) is 0 Å². The first-order valence-electron chi connectivity index (χ1n) is 9.37. The van der Waals surface area contributed by atoms with Crippen LogP contribution in [-0.2, 0) is 4.74 Å². The first kappa shape index (κ1) is 19.8. The summed E-state index contributed by atoms with van der Waals surface area (Å²) in [6.07, 6.45) is 0.388. The summed E-state index contributed by atoms with van der Waals surface area (Å²) in [7, 11) is 0. The average Bonchev–Trinajstić information content (AvgIpc) is 2.75. The third-order valence-electron chi connectivity index (χ3n) is 4.61. The van der Waals surface area contributed by atoms with E-state index >= 15 is 0 Å². The number of aliphatic imine (C=N–C) groups is 1. The topological polar surface area (TPSA) is 53.9 Å². The first-order valence-corrected chi connectivity index (χ1v) is 9.37. The summed E-state index contributed by atoms with van der Waals surface area (Å²) >= 11 is 0. The molecule has 1 amide bonds. The van der Waals surface area contributed by atoms with Crippen LogP contribution in [0.3, 0.4) is 0 Å². The molecule has 1 N–H and O–H groups in total.